The van der Waals surface area contributed by atoms with Gasteiger partial charge >= 0.3 is 0 Å². The van der Waals surface area contributed by atoms with Crippen LogP contribution in [0.2, 0.25) is 5.02 Å². The van der Waals surface area contributed by atoms with Crippen LogP contribution < -0.4 is 4.74 Å². The summed E-state index contributed by atoms with van der Waals surface area (Å²) in [5.74, 6) is 0.549. The fraction of sp³-hybridized carbons (Fsp3) is 0.240. The number of carbonyl (C=O) groups excluding carboxylic acids is 1. The van der Waals surface area contributed by atoms with Crippen molar-refractivity contribution in [3.63, 3.8) is 0 Å². The number of rotatable bonds is 7. The molecule has 0 saturated carbocycles. The highest BCUT2D eigenvalue weighted by Crippen LogP contribution is 2.19. The fourth-order valence-corrected chi connectivity index (χ4v) is 3.89. The van der Waals surface area contributed by atoms with Crippen LogP contribution in [0.15, 0.2) is 72.8 Å². The third-order valence-electron chi connectivity index (χ3n) is 5.61. The predicted octanol–water partition coefficient (Wildman–Crippen LogP) is 4.79. The third kappa shape index (κ3) is 6.09. The number of amides is 1. The van der Waals surface area contributed by atoms with Crippen LogP contribution in [0.4, 0.5) is 5.69 Å². The van der Waals surface area contributed by atoms with Gasteiger partial charge in [0, 0.05) is 55.4 Å². The second kappa shape index (κ2) is 10.5. The number of non-ortho nitro benzene ring substituents is 1. The molecule has 0 atom stereocenters. The maximum Gasteiger partial charge on any atom is 0.269 e. The van der Waals surface area contributed by atoms with Gasteiger partial charge in [0.25, 0.3) is 11.6 Å². The van der Waals surface area contributed by atoms with Crippen molar-refractivity contribution in [1.82, 2.24) is 9.80 Å². The first kappa shape index (κ1) is 22.8. The first-order valence-corrected chi connectivity index (χ1v) is 11.1. The number of halogens is 1. The summed E-state index contributed by atoms with van der Waals surface area (Å²) < 4.78 is 5.72. The molecule has 0 aromatic heterocycles. The average Bonchev–Trinajstić information content (AvgIpc) is 2.84. The lowest BCUT2D eigenvalue weighted by Gasteiger charge is -2.34. The molecule has 33 heavy (non-hydrogen) atoms. The maximum atomic E-state index is 13.0. The van der Waals surface area contributed by atoms with Crippen LogP contribution >= 0.6 is 11.6 Å². The summed E-state index contributed by atoms with van der Waals surface area (Å²) in [6.45, 7) is 4.10. The molecule has 3 aromatic rings. The van der Waals surface area contributed by atoms with Gasteiger partial charge in [0.05, 0.1) is 4.92 Å². The fourth-order valence-electron chi connectivity index (χ4n) is 3.76. The van der Waals surface area contributed by atoms with Gasteiger partial charge in [-0.3, -0.25) is 19.8 Å². The van der Waals surface area contributed by atoms with Crippen molar-refractivity contribution >= 4 is 23.2 Å². The summed E-state index contributed by atoms with van der Waals surface area (Å²) in [4.78, 5) is 27.5. The highest BCUT2D eigenvalue weighted by Gasteiger charge is 2.22. The van der Waals surface area contributed by atoms with Gasteiger partial charge in [-0.25, -0.2) is 0 Å². The van der Waals surface area contributed by atoms with Crippen molar-refractivity contribution in [1.29, 1.82) is 0 Å². The summed E-state index contributed by atoms with van der Waals surface area (Å²) in [5, 5.41) is 11.5. The first-order valence-electron chi connectivity index (χ1n) is 10.7. The zero-order valence-corrected chi connectivity index (χ0v) is 18.8. The van der Waals surface area contributed by atoms with E-state index in [-0.39, 0.29) is 18.2 Å². The van der Waals surface area contributed by atoms with Crippen molar-refractivity contribution < 1.29 is 14.5 Å². The van der Waals surface area contributed by atoms with E-state index in [0.29, 0.717) is 24.4 Å². The highest BCUT2D eigenvalue weighted by molar-refractivity contribution is 6.30. The van der Waals surface area contributed by atoms with Crippen molar-refractivity contribution in [2.24, 2.45) is 0 Å². The van der Waals surface area contributed by atoms with Gasteiger partial charge in [0.15, 0.2) is 0 Å². The molecule has 8 heteroatoms. The number of nitrogens with zero attached hydrogens (tertiary/aromatic N) is 3. The molecule has 170 valence electrons. The second-order valence-corrected chi connectivity index (χ2v) is 8.37. The largest absolute Gasteiger partial charge is 0.489 e. The minimum absolute atomic E-state index is 0.0123. The molecule has 1 aliphatic heterocycles. The van der Waals surface area contributed by atoms with E-state index in [2.05, 4.69) is 4.90 Å². The van der Waals surface area contributed by atoms with E-state index >= 15 is 0 Å². The Morgan fingerprint density at radius 1 is 0.939 bits per heavy atom. The first-order chi connectivity index (χ1) is 16.0. The summed E-state index contributed by atoms with van der Waals surface area (Å²) in [6, 6.07) is 21.2. The normalized spacial score (nSPS) is 14.2. The van der Waals surface area contributed by atoms with Gasteiger partial charge in [0.1, 0.15) is 12.4 Å². The van der Waals surface area contributed by atoms with Crippen LogP contribution in [0.25, 0.3) is 0 Å². The molecule has 1 aliphatic rings. The SMILES string of the molecule is O=C(c1cccc(COc2ccc([N+](=O)[O-])cc2)c1)N1CCN(Cc2ccc(Cl)cc2)CC1. The van der Waals surface area contributed by atoms with Crippen molar-refractivity contribution in [3.05, 3.63) is 105 Å². The predicted molar refractivity (Wildman–Crippen MR) is 127 cm³/mol. The average molecular weight is 466 g/mol. The van der Waals surface area contributed by atoms with Crippen molar-refractivity contribution in [2.75, 3.05) is 26.2 Å². The van der Waals surface area contributed by atoms with Crippen LogP contribution in [0.1, 0.15) is 21.5 Å². The molecular weight excluding hydrogens is 442 g/mol. The van der Waals surface area contributed by atoms with Crippen molar-refractivity contribution in [2.45, 2.75) is 13.2 Å². The van der Waals surface area contributed by atoms with Gasteiger partial charge in [0.2, 0.25) is 0 Å². The Kier molecular flexibility index (Phi) is 7.22. The molecular formula is C25H24ClN3O4. The minimum atomic E-state index is -0.448. The highest BCUT2D eigenvalue weighted by atomic mass is 35.5. The van der Waals surface area contributed by atoms with E-state index in [1.54, 1.807) is 12.1 Å². The molecule has 3 aromatic carbocycles. The molecule has 0 N–H and O–H groups in total. The Morgan fingerprint density at radius 3 is 2.30 bits per heavy atom. The Bertz CT molecular complexity index is 1110. The molecule has 1 amide bonds. The number of piperazine rings is 1. The molecule has 0 aliphatic carbocycles. The van der Waals surface area contributed by atoms with Crippen LogP contribution in [0.3, 0.4) is 0 Å². The molecule has 1 heterocycles. The quantitative estimate of drug-likeness (QED) is 0.370. The van der Waals surface area contributed by atoms with Crippen LogP contribution in [0.5, 0.6) is 5.75 Å². The van der Waals surface area contributed by atoms with Gasteiger partial charge in [-0.15, -0.1) is 0 Å². The zero-order chi connectivity index (χ0) is 23.2. The van der Waals surface area contributed by atoms with Gasteiger partial charge < -0.3 is 9.64 Å². The number of carbonyl (C=O) groups is 1. The summed E-state index contributed by atoms with van der Waals surface area (Å²) >= 11 is 5.96. The minimum Gasteiger partial charge on any atom is -0.489 e. The van der Waals surface area contributed by atoms with E-state index in [1.807, 2.05) is 53.4 Å². The molecule has 0 radical (unpaired) electrons. The van der Waals surface area contributed by atoms with Crippen LogP contribution in [-0.2, 0) is 13.2 Å². The maximum absolute atomic E-state index is 13.0. The molecule has 0 bridgehead atoms. The second-order valence-electron chi connectivity index (χ2n) is 7.93. The Hall–Kier alpha value is -3.42. The molecule has 7 nitrogen and oxygen atoms in total. The standard InChI is InChI=1S/C25H24ClN3O4/c26-22-6-4-19(5-7-22)17-27-12-14-28(15-13-27)25(30)21-3-1-2-20(16-21)18-33-24-10-8-23(9-11-24)29(31)32/h1-11,16H,12-15,17-18H2. The summed E-state index contributed by atoms with van der Waals surface area (Å²) in [6.07, 6.45) is 0. The van der Waals surface area contributed by atoms with E-state index < -0.39 is 4.92 Å². The number of benzene rings is 3. The lowest BCUT2D eigenvalue weighted by molar-refractivity contribution is -0.384. The molecule has 0 spiro atoms. The molecule has 4 rings (SSSR count). The lowest BCUT2D eigenvalue weighted by atomic mass is 10.1. The Morgan fingerprint density at radius 2 is 1.64 bits per heavy atom. The molecule has 1 saturated heterocycles. The van der Waals surface area contributed by atoms with Crippen molar-refractivity contribution in [3.8, 4) is 5.75 Å². The van der Waals surface area contributed by atoms with E-state index in [4.69, 9.17) is 16.3 Å². The number of ether oxygens (including phenoxy) is 1. The third-order valence-corrected chi connectivity index (χ3v) is 5.86. The zero-order valence-electron chi connectivity index (χ0n) is 18.0. The topological polar surface area (TPSA) is 75.9 Å². The Labute approximate surface area is 197 Å². The lowest BCUT2D eigenvalue weighted by Crippen LogP contribution is -2.48. The van der Waals surface area contributed by atoms with E-state index in [9.17, 15) is 14.9 Å². The number of nitro benzene ring substituents is 1. The summed E-state index contributed by atoms with van der Waals surface area (Å²) in [7, 11) is 0. The van der Waals surface area contributed by atoms with Gasteiger partial charge in [-0.1, -0.05) is 35.9 Å². The van der Waals surface area contributed by atoms with Gasteiger partial charge in [-0.05, 0) is 47.5 Å². The van der Waals surface area contributed by atoms with E-state index in [0.717, 1.165) is 30.2 Å². The molecule has 0 unspecified atom stereocenters. The number of nitro groups is 1. The van der Waals surface area contributed by atoms with E-state index in [1.165, 1.54) is 17.7 Å². The molecule has 1 fully saturated rings. The Balaban J connectivity index is 1.30. The summed E-state index contributed by atoms with van der Waals surface area (Å²) in [5.41, 5.74) is 2.72. The number of hydrogen-bond acceptors (Lipinski definition) is 5. The number of hydrogen-bond donors (Lipinski definition) is 0. The smallest absolute Gasteiger partial charge is 0.269 e. The van der Waals surface area contributed by atoms with Crippen LogP contribution in [-0.4, -0.2) is 46.8 Å². The monoisotopic (exact) mass is 465 g/mol. The van der Waals surface area contributed by atoms with Crippen LogP contribution in [0, 0.1) is 10.1 Å². The van der Waals surface area contributed by atoms with Gasteiger partial charge in [-0.2, -0.15) is 0 Å².